The number of piperidine rings is 1. The number of likely N-dealkylation sites (tertiary alicyclic amines) is 1. The molecule has 0 aromatic carbocycles. The number of hydrogen-bond donors (Lipinski definition) is 3. The predicted octanol–water partition coefficient (Wildman–Crippen LogP) is 0.0325. The van der Waals surface area contributed by atoms with Crippen LogP contribution >= 0.6 is 0 Å². The van der Waals surface area contributed by atoms with E-state index in [2.05, 4.69) is 5.32 Å². The van der Waals surface area contributed by atoms with Crippen LogP contribution in [0, 0.1) is 0 Å². The highest BCUT2D eigenvalue weighted by atomic mass is 16.5. The zero-order chi connectivity index (χ0) is 14.5. The summed E-state index contributed by atoms with van der Waals surface area (Å²) in [6.45, 7) is 2.91. The Kier molecular flexibility index (Phi) is 5.56. The number of methoxy groups -OCH3 is 1. The number of hydrogen-bond acceptors (Lipinski definition) is 4. The molecule has 1 aliphatic heterocycles. The maximum atomic E-state index is 11.8. The van der Waals surface area contributed by atoms with Gasteiger partial charge in [0.2, 0.25) is 0 Å². The van der Waals surface area contributed by atoms with E-state index in [0.717, 1.165) is 0 Å². The van der Waals surface area contributed by atoms with Gasteiger partial charge in [-0.3, -0.25) is 4.79 Å². The van der Waals surface area contributed by atoms with Crippen LogP contribution in [0.3, 0.4) is 0 Å². The number of aliphatic carboxylic acids is 1. The lowest BCUT2D eigenvalue weighted by molar-refractivity contribution is -0.139. The molecule has 2 amide bonds. The number of urea groups is 1. The summed E-state index contributed by atoms with van der Waals surface area (Å²) in [5.74, 6) is -0.963. The molecule has 1 heterocycles. The van der Waals surface area contributed by atoms with Gasteiger partial charge >= 0.3 is 12.0 Å². The van der Waals surface area contributed by atoms with E-state index >= 15 is 0 Å². The second-order valence-electron chi connectivity index (χ2n) is 5.13. The number of ether oxygens (including phenoxy) is 1. The largest absolute Gasteiger partial charge is 0.481 e. The van der Waals surface area contributed by atoms with Crippen LogP contribution in [-0.4, -0.2) is 65.6 Å². The smallest absolute Gasteiger partial charge is 0.317 e. The number of carboxylic acids is 1. The van der Waals surface area contributed by atoms with Gasteiger partial charge in [-0.25, -0.2) is 4.79 Å². The van der Waals surface area contributed by atoms with Crippen molar-refractivity contribution in [3.8, 4) is 0 Å². The number of rotatable bonds is 5. The van der Waals surface area contributed by atoms with Crippen molar-refractivity contribution in [2.75, 3.05) is 26.7 Å². The molecule has 19 heavy (non-hydrogen) atoms. The van der Waals surface area contributed by atoms with Gasteiger partial charge in [-0.15, -0.1) is 0 Å². The average Bonchev–Trinajstić information content (AvgIpc) is 2.33. The number of carbonyl (C=O) groups excluding carboxylic acids is 1. The predicted molar refractivity (Wildman–Crippen MR) is 67.9 cm³/mol. The van der Waals surface area contributed by atoms with Gasteiger partial charge in [0.25, 0.3) is 0 Å². The van der Waals surface area contributed by atoms with E-state index < -0.39 is 17.7 Å². The summed E-state index contributed by atoms with van der Waals surface area (Å²) in [4.78, 5) is 24.0. The molecule has 0 saturated carbocycles. The van der Waals surface area contributed by atoms with Gasteiger partial charge < -0.3 is 25.2 Å². The Bertz CT molecular complexity index is 322. The molecular formula is C12H22N2O5. The molecule has 7 heteroatoms. The van der Waals surface area contributed by atoms with Gasteiger partial charge in [0.1, 0.15) is 0 Å². The third kappa shape index (κ3) is 5.44. The molecule has 1 fully saturated rings. The van der Waals surface area contributed by atoms with Gasteiger partial charge in [0.15, 0.2) is 0 Å². The number of aliphatic hydroxyl groups is 1. The first kappa shape index (κ1) is 15.7. The SMILES string of the molecule is COC(CNC(=O)N1CCC(C)(O)CC1)CC(=O)O. The van der Waals surface area contributed by atoms with Crippen molar-refractivity contribution in [1.82, 2.24) is 10.2 Å². The van der Waals surface area contributed by atoms with Crippen LogP contribution in [-0.2, 0) is 9.53 Å². The summed E-state index contributed by atoms with van der Waals surface area (Å²) in [7, 11) is 1.41. The lowest BCUT2D eigenvalue weighted by Gasteiger charge is -2.35. The van der Waals surface area contributed by atoms with Crippen molar-refractivity contribution in [2.45, 2.75) is 37.9 Å². The molecule has 0 bridgehead atoms. The molecule has 1 aliphatic rings. The molecule has 1 rings (SSSR count). The monoisotopic (exact) mass is 274 g/mol. The van der Waals surface area contributed by atoms with E-state index in [1.54, 1.807) is 11.8 Å². The van der Waals surface area contributed by atoms with E-state index in [1.807, 2.05) is 0 Å². The summed E-state index contributed by atoms with van der Waals surface area (Å²) in [6.07, 6.45) is 0.409. The minimum atomic E-state index is -0.963. The van der Waals surface area contributed by atoms with Crippen LogP contribution in [0.2, 0.25) is 0 Å². The molecule has 0 spiro atoms. The van der Waals surface area contributed by atoms with Crippen LogP contribution in [0.5, 0.6) is 0 Å². The lowest BCUT2D eigenvalue weighted by Crippen LogP contribution is -2.50. The van der Waals surface area contributed by atoms with Crippen molar-refractivity contribution >= 4 is 12.0 Å². The first-order valence-electron chi connectivity index (χ1n) is 6.34. The molecule has 0 aliphatic carbocycles. The Labute approximate surface area is 112 Å². The molecular weight excluding hydrogens is 252 g/mol. The minimum Gasteiger partial charge on any atom is -0.481 e. The highest BCUT2D eigenvalue weighted by molar-refractivity contribution is 5.74. The molecule has 0 aromatic rings. The van der Waals surface area contributed by atoms with E-state index in [9.17, 15) is 14.7 Å². The van der Waals surface area contributed by atoms with Crippen LogP contribution < -0.4 is 5.32 Å². The fourth-order valence-corrected chi connectivity index (χ4v) is 1.94. The summed E-state index contributed by atoms with van der Waals surface area (Å²) in [5.41, 5.74) is -0.699. The highest BCUT2D eigenvalue weighted by Crippen LogP contribution is 2.20. The zero-order valence-electron chi connectivity index (χ0n) is 11.4. The van der Waals surface area contributed by atoms with E-state index in [-0.39, 0.29) is 19.0 Å². The van der Waals surface area contributed by atoms with Crippen molar-refractivity contribution in [1.29, 1.82) is 0 Å². The normalized spacial score (nSPS) is 19.8. The number of amides is 2. The standard InChI is InChI=1S/C12H22N2O5/c1-12(18)3-5-14(6-4-12)11(17)13-8-9(19-2)7-10(15)16/h9,18H,3-8H2,1-2H3,(H,13,17)(H,15,16). The van der Waals surface area contributed by atoms with Crippen LogP contribution in [0.25, 0.3) is 0 Å². The minimum absolute atomic E-state index is 0.147. The fourth-order valence-electron chi connectivity index (χ4n) is 1.94. The van der Waals surface area contributed by atoms with Crippen molar-refractivity contribution in [3.05, 3.63) is 0 Å². The topological polar surface area (TPSA) is 99.1 Å². The maximum Gasteiger partial charge on any atom is 0.317 e. The third-order valence-corrected chi connectivity index (χ3v) is 3.34. The van der Waals surface area contributed by atoms with Crippen LogP contribution in [0.15, 0.2) is 0 Å². The number of nitrogens with zero attached hydrogens (tertiary/aromatic N) is 1. The van der Waals surface area contributed by atoms with E-state index in [0.29, 0.717) is 25.9 Å². The lowest BCUT2D eigenvalue weighted by atomic mass is 9.94. The van der Waals surface area contributed by atoms with Crippen molar-refractivity contribution in [2.24, 2.45) is 0 Å². The Morgan fingerprint density at radius 1 is 1.42 bits per heavy atom. The van der Waals surface area contributed by atoms with Crippen molar-refractivity contribution < 1.29 is 24.5 Å². The second kappa shape index (κ2) is 6.72. The average molecular weight is 274 g/mol. The number of carboxylic acid groups (broad SMARTS) is 1. The maximum absolute atomic E-state index is 11.8. The number of carbonyl (C=O) groups is 2. The van der Waals surface area contributed by atoms with Gasteiger partial charge in [-0.2, -0.15) is 0 Å². The van der Waals surface area contributed by atoms with Crippen molar-refractivity contribution in [3.63, 3.8) is 0 Å². The molecule has 7 nitrogen and oxygen atoms in total. The van der Waals surface area contributed by atoms with Crippen LogP contribution in [0.1, 0.15) is 26.2 Å². The highest BCUT2D eigenvalue weighted by Gasteiger charge is 2.29. The first-order chi connectivity index (χ1) is 8.84. The Morgan fingerprint density at radius 3 is 2.47 bits per heavy atom. The molecule has 3 N–H and O–H groups in total. The molecule has 110 valence electrons. The molecule has 1 atom stereocenters. The first-order valence-corrected chi connectivity index (χ1v) is 6.34. The third-order valence-electron chi connectivity index (χ3n) is 3.34. The summed E-state index contributed by atoms with van der Waals surface area (Å²) in [6, 6.07) is -0.247. The van der Waals surface area contributed by atoms with Gasteiger partial charge in [-0.1, -0.05) is 0 Å². The molecule has 1 unspecified atom stereocenters. The Hall–Kier alpha value is -1.34. The van der Waals surface area contributed by atoms with Gasteiger partial charge in [-0.05, 0) is 19.8 Å². The fraction of sp³-hybridized carbons (Fsp3) is 0.833. The van der Waals surface area contributed by atoms with E-state index in [1.165, 1.54) is 7.11 Å². The molecule has 1 saturated heterocycles. The molecule has 0 aromatic heterocycles. The quantitative estimate of drug-likeness (QED) is 0.657. The Morgan fingerprint density at radius 2 is 2.00 bits per heavy atom. The second-order valence-corrected chi connectivity index (χ2v) is 5.13. The van der Waals surface area contributed by atoms with Gasteiger partial charge in [0, 0.05) is 26.7 Å². The van der Waals surface area contributed by atoms with Gasteiger partial charge in [0.05, 0.1) is 18.1 Å². The number of nitrogens with one attached hydrogen (secondary N) is 1. The molecule has 0 radical (unpaired) electrons. The zero-order valence-corrected chi connectivity index (χ0v) is 11.4. The summed E-state index contributed by atoms with van der Waals surface area (Å²) in [5, 5.41) is 21.1. The van der Waals surface area contributed by atoms with E-state index in [4.69, 9.17) is 9.84 Å². The Balaban J connectivity index is 2.33. The van der Waals surface area contributed by atoms with Crippen LogP contribution in [0.4, 0.5) is 4.79 Å². The summed E-state index contributed by atoms with van der Waals surface area (Å²) >= 11 is 0. The summed E-state index contributed by atoms with van der Waals surface area (Å²) < 4.78 is 4.98.